The van der Waals surface area contributed by atoms with Crippen molar-refractivity contribution in [1.29, 1.82) is 0 Å². The van der Waals surface area contributed by atoms with Crippen molar-refractivity contribution < 1.29 is 35.5 Å². The van der Waals surface area contributed by atoms with Gasteiger partial charge in [0.05, 0.1) is 29.6 Å². The molecule has 0 saturated heterocycles. The Morgan fingerprint density at radius 3 is 2.00 bits per heavy atom. The molecule has 0 fully saturated rings. The summed E-state index contributed by atoms with van der Waals surface area (Å²) in [6.45, 7) is 0. The van der Waals surface area contributed by atoms with E-state index in [1.54, 1.807) is 24.3 Å². The topological polar surface area (TPSA) is 169 Å². The average Bonchev–Trinajstić information content (AvgIpc) is 2.84. The summed E-state index contributed by atoms with van der Waals surface area (Å²) in [5, 5.41) is 3.01. The summed E-state index contributed by atoms with van der Waals surface area (Å²) in [7, 11) is -7.43. The van der Waals surface area contributed by atoms with Crippen LogP contribution >= 0.6 is 0 Å². The molecule has 3 N–H and O–H groups in total. The number of benzene rings is 3. The van der Waals surface area contributed by atoms with Gasteiger partial charge in [-0.05, 0) is 23.3 Å². The van der Waals surface area contributed by atoms with Crippen molar-refractivity contribution >= 4 is 48.3 Å². The average molecular weight is 543 g/mol. The van der Waals surface area contributed by atoms with Crippen LogP contribution < -0.4 is 15.6 Å². The first-order chi connectivity index (χ1) is 17.3. The SMILES string of the molecule is COc1cc(S(=O)(=O)O)c(Nc2ccc3c4c(cc(=O)n3C)-c3ccccc3C(=O)c24)c(S(=O)(=O)O)c1. The number of aryl methyl sites for hydroxylation is 1. The number of pyridine rings is 1. The largest absolute Gasteiger partial charge is 0.497 e. The Balaban J connectivity index is 1.89. The van der Waals surface area contributed by atoms with Gasteiger partial charge in [0, 0.05) is 36.2 Å². The molecule has 4 aromatic rings. The lowest BCUT2D eigenvalue weighted by Crippen LogP contribution is -2.21. The highest BCUT2D eigenvalue weighted by Gasteiger charge is 2.32. The number of nitrogens with zero attached hydrogens (tertiary/aromatic N) is 1. The lowest BCUT2D eigenvalue weighted by Gasteiger charge is -2.24. The van der Waals surface area contributed by atoms with E-state index in [0.717, 1.165) is 19.2 Å². The smallest absolute Gasteiger partial charge is 0.296 e. The Morgan fingerprint density at radius 2 is 1.43 bits per heavy atom. The van der Waals surface area contributed by atoms with E-state index in [4.69, 9.17) is 4.74 Å². The molecule has 0 unspecified atom stereocenters. The third-order valence-corrected chi connectivity index (χ3v) is 7.95. The summed E-state index contributed by atoms with van der Waals surface area (Å²) in [6.07, 6.45) is 0. The number of aromatic nitrogens is 1. The van der Waals surface area contributed by atoms with Crippen LogP contribution in [-0.4, -0.2) is 43.4 Å². The summed E-state index contributed by atoms with van der Waals surface area (Å²) >= 11 is 0. The summed E-state index contributed by atoms with van der Waals surface area (Å²) < 4.78 is 74.8. The van der Waals surface area contributed by atoms with E-state index in [0.29, 0.717) is 22.0 Å². The van der Waals surface area contributed by atoms with Crippen molar-refractivity contribution in [3.8, 4) is 16.9 Å². The van der Waals surface area contributed by atoms with Gasteiger partial charge in [-0.2, -0.15) is 16.8 Å². The minimum Gasteiger partial charge on any atom is -0.497 e. The summed E-state index contributed by atoms with van der Waals surface area (Å²) in [6, 6.07) is 12.6. The Morgan fingerprint density at radius 1 is 0.838 bits per heavy atom. The highest BCUT2D eigenvalue weighted by Crippen LogP contribution is 2.43. The van der Waals surface area contributed by atoms with Crippen LogP contribution in [-0.2, 0) is 27.3 Å². The molecule has 13 heteroatoms. The monoisotopic (exact) mass is 542 g/mol. The van der Waals surface area contributed by atoms with E-state index in [-0.39, 0.29) is 28.1 Å². The molecule has 0 radical (unpaired) electrons. The number of fused-ring (bicyclic) bond motifs is 2. The van der Waals surface area contributed by atoms with Gasteiger partial charge in [-0.15, -0.1) is 0 Å². The molecular formula is C24H18N2O9S2. The fourth-order valence-corrected chi connectivity index (χ4v) is 5.94. The molecule has 1 aliphatic rings. The Bertz CT molecular complexity index is 1890. The number of ketones is 1. The molecule has 0 bridgehead atoms. The summed E-state index contributed by atoms with van der Waals surface area (Å²) in [5.41, 5.74) is 0.680. The number of anilines is 2. The fraction of sp³-hybridized carbons (Fsp3) is 0.0833. The Labute approximate surface area is 210 Å². The molecule has 0 atom stereocenters. The lowest BCUT2D eigenvalue weighted by atomic mass is 9.83. The number of ether oxygens (including phenoxy) is 1. The zero-order valence-corrected chi connectivity index (χ0v) is 20.8. The maximum absolute atomic E-state index is 13.7. The zero-order valence-electron chi connectivity index (χ0n) is 19.2. The molecule has 0 spiro atoms. The van der Waals surface area contributed by atoms with Gasteiger partial charge in [0.1, 0.15) is 15.5 Å². The number of carbonyl (C=O) groups is 1. The maximum Gasteiger partial charge on any atom is 0.296 e. The molecule has 5 rings (SSSR count). The van der Waals surface area contributed by atoms with Crippen LogP contribution in [0.15, 0.2) is 69.2 Å². The van der Waals surface area contributed by atoms with Crippen LogP contribution in [0.3, 0.4) is 0 Å². The molecule has 1 aromatic heterocycles. The van der Waals surface area contributed by atoms with Crippen LogP contribution in [0.25, 0.3) is 22.0 Å². The van der Waals surface area contributed by atoms with Crippen molar-refractivity contribution in [3.05, 3.63) is 76.1 Å². The fourth-order valence-electron chi connectivity index (χ4n) is 4.51. The summed E-state index contributed by atoms with van der Waals surface area (Å²) in [4.78, 5) is 24.5. The normalized spacial score (nSPS) is 12.9. The molecule has 190 valence electrons. The maximum atomic E-state index is 13.7. The van der Waals surface area contributed by atoms with E-state index in [1.807, 2.05) is 0 Å². The number of hydrogen-bond donors (Lipinski definition) is 3. The van der Waals surface area contributed by atoms with E-state index in [9.17, 15) is 35.5 Å². The molecule has 1 heterocycles. The lowest BCUT2D eigenvalue weighted by molar-refractivity contribution is 0.104. The Kier molecular flexibility index (Phi) is 5.49. The van der Waals surface area contributed by atoms with Crippen LogP contribution in [0.1, 0.15) is 15.9 Å². The van der Waals surface area contributed by atoms with E-state index < -0.39 is 41.5 Å². The van der Waals surface area contributed by atoms with E-state index in [2.05, 4.69) is 5.32 Å². The van der Waals surface area contributed by atoms with E-state index >= 15 is 0 Å². The van der Waals surface area contributed by atoms with Crippen LogP contribution in [0.4, 0.5) is 11.4 Å². The van der Waals surface area contributed by atoms with Crippen molar-refractivity contribution in [2.45, 2.75) is 9.79 Å². The second kappa shape index (κ2) is 8.24. The van der Waals surface area contributed by atoms with Crippen LogP contribution in [0.5, 0.6) is 5.75 Å². The quantitative estimate of drug-likeness (QED) is 0.281. The molecule has 0 saturated carbocycles. The second-order valence-electron chi connectivity index (χ2n) is 8.29. The molecule has 0 amide bonds. The minimum absolute atomic E-state index is 0.0214. The van der Waals surface area contributed by atoms with Gasteiger partial charge < -0.3 is 14.6 Å². The predicted octanol–water partition coefficient (Wildman–Crippen LogP) is 3.00. The standard InChI is InChI=1S/C24H18N2O9S2/c1-26-17-8-7-16(22-21(17)15(11-20(26)27)13-5-3-4-6-14(13)24(22)28)25-23-18(36(29,30)31)9-12(35-2)10-19(23)37(32,33)34/h3-11,25H,1-2H3,(H,29,30,31)(H,32,33,34). The van der Waals surface area contributed by atoms with E-state index in [1.165, 1.54) is 29.8 Å². The van der Waals surface area contributed by atoms with Crippen LogP contribution in [0, 0.1) is 0 Å². The molecule has 0 aliphatic heterocycles. The first-order valence-corrected chi connectivity index (χ1v) is 13.5. The highest BCUT2D eigenvalue weighted by atomic mass is 32.2. The van der Waals surface area contributed by atoms with Gasteiger partial charge in [0.15, 0.2) is 5.78 Å². The number of hydrogen-bond acceptors (Lipinski definition) is 8. The van der Waals surface area contributed by atoms with Gasteiger partial charge in [-0.1, -0.05) is 24.3 Å². The molecule has 11 nitrogen and oxygen atoms in total. The van der Waals surface area contributed by atoms with Crippen molar-refractivity contribution in [3.63, 3.8) is 0 Å². The van der Waals surface area contributed by atoms with Crippen molar-refractivity contribution in [1.82, 2.24) is 4.57 Å². The second-order valence-corrected chi connectivity index (χ2v) is 11.1. The first kappa shape index (κ1) is 24.6. The summed E-state index contributed by atoms with van der Waals surface area (Å²) in [5.74, 6) is -0.738. The zero-order chi connectivity index (χ0) is 26.9. The van der Waals surface area contributed by atoms with Gasteiger partial charge in [0.25, 0.3) is 25.8 Å². The number of rotatable bonds is 5. The number of nitrogens with one attached hydrogen (secondary N) is 1. The third-order valence-electron chi connectivity index (χ3n) is 6.19. The van der Waals surface area contributed by atoms with Gasteiger partial charge in [0.2, 0.25) is 0 Å². The Hall–Kier alpha value is -4.04. The highest BCUT2D eigenvalue weighted by molar-refractivity contribution is 7.87. The first-order valence-electron chi connectivity index (χ1n) is 10.6. The molecule has 3 aromatic carbocycles. The molecule has 37 heavy (non-hydrogen) atoms. The number of methoxy groups -OCH3 is 1. The predicted molar refractivity (Wildman–Crippen MR) is 134 cm³/mol. The van der Waals surface area contributed by atoms with Crippen LogP contribution in [0.2, 0.25) is 0 Å². The van der Waals surface area contributed by atoms with Gasteiger partial charge >= 0.3 is 0 Å². The minimum atomic E-state index is -5.05. The molecule has 1 aliphatic carbocycles. The number of carbonyl (C=O) groups excluding carboxylic acids is 1. The van der Waals surface area contributed by atoms with Crippen molar-refractivity contribution in [2.75, 3.05) is 12.4 Å². The van der Waals surface area contributed by atoms with Gasteiger partial charge in [-0.3, -0.25) is 18.7 Å². The van der Waals surface area contributed by atoms with Gasteiger partial charge in [-0.25, -0.2) is 0 Å². The van der Waals surface area contributed by atoms with Crippen molar-refractivity contribution in [2.24, 2.45) is 7.05 Å². The third kappa shape index (κ3) is 3.88. The molecular weight excluding hydrogens is 524 g/mol.